The Kier molecular flexibility index (Phi) is 4.94. The van der Waals surface area contributed by atoms with E-state index in [-0.39, 0.29) is 16.2 Å². The van der Waals surface area contributed by atoms with E-state index in [1.54, 1.807) is 41.0 Å². The van der Waals surface area contributed by atoms with Crippen molar-refractivity contribution in [1.29, 1.82) is 0 Å². The van der Waals surface area contributed by atoms with Gasteiger partial charge in [-0.1, -0.05) is 71.7 Å². The Labute approximate surface area is 189 Å². The van der Waals surface area contributed by atoms with E-state index in [2.05, 4.69) is 0 Å². The number of benzene rings is 3. The minimum Gasteiger partial charge on any atom is -0.386 e. The van der Waals surface area contributed by atoms with Crippen molar-refractivity contribution in [2.75, 3.05) is 0 Å². The molecule has 31 heavy (non-hydrogen) atoms. The molecule has 0 saturated heterocycles. The molecule has 1 N–H and O–H groups in total. The first kappa shape index (κ1) is 20.3. The highest BCUT2D eigenvalue weighted by Gasteiger charge is 2.36. The second kappa shape index (κ2) is 7.53. The van der Waals surface area contributed by atoms with Gasteiger partial charge in [0.05, 0.1) is 26.0 Å². The molecule has 0 saturated carbocycles. The van der Waals surface area contributed by atoms with Gasteiger partial charge in [-0.2, -0.15) is 0 Å². The maximum Gasteiger partial charge on any atom is 0.208 e. The van der Waals surface area contributed by atoms with E-state index in [4.69, 9.17) is 23.2 Å². The van der Waals surface area contributed by atoms with Crippen LogP contribution in [-0.2, 0) is 9.84 Å². The van der Waals surface area contributed by atoms with E-state index in [1.807, 2.05) is 30.3 Å². The fourth-order valence-electron chi connectivity index (χ4n) is 4.17. The highest BCUT2D eigenvalue weighted by Crippen LogP contribution is 2.48. The molecule has 0 bridgehead atoms. The van der Waals surface area contributed by atoms with Crippen LogP contribution in [0.2, 0.25) is 10.0 Å². The van der Waals surface area contributed by atoms with E-state index in [1.165, 1.54) is 12.1 Å². The molecule has 7 heteroatoms. The van der Waals surface area contributed by atoms with Gasteiger partial charge in [0.2, 0.25) is 9.84 Å². The van der Waals surface area contributed by atoms with Crippen LogP contribution in [0.1, 0.15) is 23.8 Å². The number of nitrogens with zero attached hydrogens (tertiary/aromatic N) is 1. The molecular formula is C24H17Cl2NO3S. The summed E-state index contributed by atoms with van der Waals surface area (Å²) in [4.78, 5) is 0.277. The summed E-state index contributed by atoms with van der Waals surface area (Å²) in [6.45, 7) is 0. The fraction of sp³-hybridized carbons (Fsp3) is 0.0833. The number of fused-ring (bicyclic) bond motifs is 3. The van der Waals surface area contributed by atoms with E-state index < -0.39 is 15.9 Å². The van der Waals surface area contributed by atoms with Crippen molar-refractivity contribution >= 4 is 54.5 Å². The van der Waals surface area contributed by atoms with Crippen molar-refractivity contribution in [3.8, 4) is 0 Å². The summed E-state index contributed by atoms with van der Waals surface area (Å²) >= 11 is 12.6. The Balaban J connectivity index is 1.88. The van der Waals surface area contributed by atoms with Gasteiger partial charge in [0.1, 0.15) is 6.10 Å². The molecule has 1 unspecified atom stereocenters. The van der Waals surface area contributed by atoms with Crippen LogP contribution in [0.15, 0.2) is 83.8 Å². The van der Waals surface area contributed by atoms with Gasteiger partial charge in [-0.3, -0.25) is 0 Å². The van der Waals surface area contributed by atoms with Gasteiger partial charge in [0.15, 0.2) is 0 Å². The van der Waals surface area contributed by atoms with Gasteiger partial charge >= 0.3 is 0 Å². The molecule has 1 atom stereocenters. The number of halogens is 2. The van der Waals surface area contributed by atoms with Crippen molar-refractivity contribution < 1.29 is 13.5 Å². The van der Waals surface area contributed by atoms with Crippen LogP contribution in [0.4, 0.5) is 0 Å². The fourth-order valence-corrected chi connectivity index (χ4v) is 6.33. The van der Waals surface area contributed by atoms with Crippen LogP contribution in [0.5, 0.6) is 0 Å². The average Bonchev–Trinajstić information content (AvgIpc) is 3.25. The molecule has 156 valence electrons. The Hall–Kier alpha value is -2.57. The summed E-state index contributed by atoms with van der Waals surface area (Å²) < 4.78 is 29.5. The lowest BCUT2D eigenvalue weighted by atomic mass is 10.1. The molecular weight excluding hydrogens is 453 g/mol. The number of hydrogen-bond acceptors (Lipinski definition) is 3. The molecule has 0 amide bonds. The molecule has 2 heterocycles. The number of aromatic nitrogens is 1. The molecule has 0 radical (unpaired) electrons. The third-order valence-electron chi connectivity index (χ3n) is 5.51. The molecule has 0 aliphatic carbocycles. The smallest absolute Gasteiger partial charge is 0.208 e. The number of para-hydroxylation sites is 1. The maximum atomic E-state index is 13.9. The van der Waals surface area contributed by atoms with E-state index >= 15 is 0 Å². The summed E-state index contributed by atoms with van der Waals surface area (Å²) in [6.07, 6.45) is -0.772. The zero-order valence-corrected chi connectivity index (χ0v) is 18.5. The Morgan fingerprint density at radius 3 is 2.26 bits per heavy atom. The van der Waals surface area contributed by atoms with Crippen LogP contribution in [0.3, 0.4) is 0 Å². The SMILES string of the molecule is O=S(=O)(/C(=C1\CC(O)c2c(Cl)c3ccccc3n21)c1ccccc1)c1ccc(Cl)cc1. The Bertz CT molecular complexity index is 1440. The van der Waals surface area contributed by atoms with E-state index in [0.29, 0.717) is 27.0 Å². The van der Waals surface area contributed by atoms with Gasteiger partial charge in [-0.25, -0.2) is 8.42 Å². The lowest BCUT2D eigenvalue weighted by Crippen LogP contribution is -2.09. The van der Waals surface area contributed by atoms with Crippen molar-refractivity contribution in [2.24, 2.45) is 0 Å². The summed E-state index contributed by atoms with van der Waals surface area (Å²) in [6, 6.07) is 22.5. The predicted octanol–water partition coefficient (Wildman–Crippen LogP) is 6.18. The molecule has 1 aliphatic rings. The Morgan fingerprint density at radius 1 is 0.903 bits per heavy atom. The third-order valence-corrected chi connectivity index (χ3v) is 8.06. The zero-order chi connectivity index (χ0) is 21.8. The summed E-state index contributed by atoms with van der Waals surface area (Å²) in [5.41, 5.74) is 2.31. The van der Waals surface area contributed by atoms with E-state index in [0.717, 1.165) is 10.9 Å². The first-order valence-electron chi connectivity index (χ1n) is 9.66. The van der Waals surface area contributed by atoms with Crippen LogP contribution in [-0.4, -0.2) is 18.1 Å². The van der Waals surface area contributed by atoms with Crippen molar-refractivity contribution in [3.63, 3.8) is 0 Å². The van der Waals surface area contributed by atoms with E-state index in [9.17, 15) is 13.5 Å². The summed E-state index contributed by atoms with van der Waals surface area (Å²) in [7, 11) is -3.93. The minimum absolute atomic E-state index is 0.133. The first-order valence-corrected chi connectivity index (χ1v) is 11.9. The van der Waals surface area contributed by atoms with Crippen LogP contribution >= 0.6 is 23.2 Å². The lowest BCUT2D eigenvalue weighted by Gasteiger charge is -2.16. The standard InChI is InChI=1S/C24H17Cl2NO3S/c25-16-10-12-17(13-11-16)31(29,30)24(15-6-2-1-3-7-15)20-14-21(28)23-22(26)18-8-4-5-9-19(18)27(20)23/h1-13,21,28H,14H2/b24-20+. The quantitative estimate of drug-likeness (QED) is 0.389. The monoisotopic (exact) mass is 469 g/mol. The van der Waals surface area contributed by atoms with Gasteiger partial charge in [-0.15, -0.1) is 0 Å². The first-order chi connectivity index (χ1) is 14.9. The number of rotatable bonds is 3. The van der Waals surface area contributed by atoms with Gasteiger partial charge in [0, 0.05) is 22.5 Å². The Morgan fingerprint density at radius 2 is 1.55 bits per heavy atom. The third kappa shape index (κ3) is 3.20. The normalized spacial score (nSPS) is 17.7. The number of sulfone groups is 1. The second-order valence-corrected chi connectivity index (χ2v) is 10.1. The molecule has 4 aromatic rings. The van der Waals surface area contributed by atoms with Crippen molar-refractivity contribution in [3.05, 3.63) is 100 Å². The molecule has 3 aromatic carbocycles. The predicted molar refractivity (Wildman–Crippen MR) is 125 cm³/mol. The highest BCUT2D eigenvalue weighted by atomic mass is 35.5. The molecule has 0 spiro atoms. The van der Waals surface area contributed by atoms with Gasteiger partial charge in [-0.05, 0) is 35.9 Å². The lowest BCUT2D eigenvalue weighted by molar-refractivity contribution is 0.189. The van der Waals surface area contributed by atoms with Crippen molar-refractivity contribution in [2.45, 2.75) is 17.4 Å². The summed E-state index contributed by atoms with van der Waals surface area (Å²) in [5, 5.41) is 12.5. The van der Waals surface area contributed by atoms with Crippen LogP contribution < -0.4 is 0 Å². The largest absolute Gasteiger partial charge is 0.386 e. The van der Waals surface area contributed by atoms with Gasteiger partial charge in [0.25, 0.3) is 0 Å². The molecule has 0 fully saturated rings. The molecule has 4 nitrogen and oxygen atoms in total. The van der Waals surface area contributed by atoms with Crippen LogP contribution in [0.25, 0.3) is 21.5 Å². The molecule has 1 aromatic heterocycles. The number of aliphatic hydroxyl groups is 1. The van der Waals surface area contributed by atoms with Crippen molar-refractivity contribution in [1.82, 2.24) is 4.57 Å². The zero-order valence-electron chi connectivity index (χ0n) is 16.2. The molecule has 1 aliphatic heterocycles. The topological polar surface area (TPSA) is 59.3 Å². The maximum absolute atomic E-state index is 13.9. The number of hydrogen-bond donors (Lipinski definition) is 1. The minimum atomic E-state index is -3.93. The second-order valence-electron chi connectivity index (χ2n) is 7.37. The highest BCUT2D eigenvalue weighted by molar-refractivity contribution is 8.01. The average molecular weight is 470 g/mol. The molecule has 5 rings (SSSR count). The van der Waals surface area contributed by atoms with Gasteiger partial charge < -0.3 is 9.67 Å². The summed E-state index contributed by atoms with van der Waals surface area (Å²) in [5.74, 6) is 0. The van der Waals surface area contributed by atoms with Crippen LogP contribution in [0, 0.1) is 0 Å². The number of aliphatic hydroxyl groups excluding tert-OH is 1.